The van der Waals surface area contributed by atoms with E-state index >= 15 is 0 Å². The summed E-state index contributed by atoms with van der Waals surface area (Å²) in [6, 6.07) is 11.2. The highest BCUT2D eigenvalue weighted by molar-refractivity contribution is 5.89. The van der Waals surface area contributed by atoms with Crippen LogP contribution in [0.25, 0.3) is 0 Å². The molecule has 1 amide bonds. The van der Waals surface area contributed by atoms with Crippen LogP contribution in [0.5, 0.6) is 5.75 Å². The normalized spacial score (nSPS) is 9.90. The molecule has 0 unspecified atom stereocenters. The molecule has 0 saturated carbocycles. The number of carbonyl (C=O) groups is 1. The van der Waals surface area contributed by atoms with E-state index in [0.29, 0.717) is 6.54 Å². The average Bonchev–Trinajstić information content (AvgIpc) is 2.46. The first-order valence-electron chi connectivity index (χ1n) is 6.28. The Labute approximate surface area is 118 Å². The third-order valence-corrected chi connectivity index (χ3v) is 2.71. The van der Waals surface area contributed by atoms with Gasteiger partial charge in [0.2, 0.25) is 5.91 Å². The van der Waals surface area contributed by atoms with E-state index in [1.54, 1.807) is 19.4 Å². The molecule has 0 aliphatic rings. The average molecular weight is 271 g/mol. The van der Waals surface area contributed by atoms with Crippen LogP contribution < -0.4 is 15.4 Å². The summed E-state index contributed by atoms with van der Waals surface area (Å²) in [5.74, 6) is 0.612. The van der Waals surface area contributed by atoms with Crippen molar-refractivity contribution in [2.24, 2.45) is 0 Å². The molecule has 0 saturated heterocycles. The maximum absolute atomic E-state index is 11.1. The minimum absolute atomic E-state index is 0.106. The number of hydrogen-bond acceptors (Lipinski definition) is 4. The molecule has 5 heteroatoms. The Bertz CT molecular complexity index is 585. The van der Waals surface area contributed by atoms with Gasteiger partial charge in [-0.25, -0.2) is 0 Å². The number of benzene rings is 1. The second kappa shape index (κ2) is 6.56. The molecule has 1 aromatic carbocycles. The number of rotatable bonds is 5. The van der Waals surface area contributed by atoms with E-state index in [9.17, 15) is 4.79 Å². The lowest BCUT2D eigenvalue weighted by atomic mass is 10.2. The number of pyridine rings is 1. The summed E-state index contributed by atoms with van der Waals surface area (Å²) in [4.78, 5) is 15.3. The summed E-state index contributed by atoms with van der Waals surface area (Å²) < 4.78 is 5.30. The molecule has 5 nitrogen and oxygen atoms in total. The van der Waals surface area contributed by atoms with E-state index in [1.807, 2.05) is 30.3 Å². The summed E-state index contributed by atoms with van der Waals surface area (Å²) in [7, 11) is 1.61. The molecule has 0 spiro atoms. The maximum Gasteiger partial charge on any atom is 0.221 e. The van der Waals surface area contributed by atoms with Gasteiger partial charge in [-0.15, -0.1) is 0 Å². The number of amides is 1. The van der Waals surface area contributed by atoms with E-state index in [-0.39, 0.29) is 5.91 Å². The third kappa shape index (κ3) is 3.71. The van der Waals surface area contributed by atoms with Crippen LogP contribution in [-0.4, -0.2) is 18.0 Å². The van der Waals surface area contributed by atoms with Gasteiger partial charge in [0.15, 0.2) is 0 Å². The molecule has 0 radical (unpaired) electrons. The first-order chi connectivity index (χ1) is 9.69. The number of nitrogens with one attached hydrogen (secondary N) is 2. The number of aromatic nitrogens is 1. The van der Waals surface area contributed by atoms with E-state index in [2.05, 4.69) is 15.6 Å². The Hall–Kier alpha value is -2.56. The van der Waals surface area contributed by atoms with Crippen molar-refractivity contribution in [2.45, 2.75) is 13.5 Å². The Morgan fingerprint density at radius 2 is 2.15 bits per heavy atom. The number of carbonyl (C=O) groups excluding carboxylic acids is 1. The van der Waals surface area contributed by atoms with E-state index in [4.69, 9.17) is 4.74 Å². The molecule has 2 rings (SSSR count). The predicted molar refractivity (Wildman–Crippen MR) is 78.9 cm³/mol. The van der Waals surface area contributed by atoms with Crippen molar-refractivity contribution < 1.29 is 9.53 Å². The summed E-state index contributed by atoms with van der Waals surface area (Å²) >= 11 is 0. The van der Waals surface area contributed by atoms with Crippen molar-refractivity contribution in [3.8, 4) is 5.75 Å². The molecule has 2 aromatic rings. The van der Waals surface area contributed by atoms with Gasteiger partial charge >= 0.3 is 0 Å². The molecule has 0 fully saturated rings. The molecule has 2 N–H and O–H groups in total. The topological polar surface area (TPSA) is 63.2 Å². The summed E-state index contributed by atoms with van der Waals surface area (Å²) in [6.45, 7) is 2.06. The van der Waals surface area contributed by atoms with Gasteiger partial charge in [0, 0.05) is 18.8 Å². The standard InChI is InChI=1S/C15H17N3O2/c1-11(19)18-12-6-7-15(20-2)14(9-12)17-10-13-5-3-4-8-16-13/h3-9,17H,10H2,1-2H3,(H,18,19). The van der Waals surface area contributed by atoms with Gasteiger partial charge < -0.3 is 15.4 Å². The van der Waals surface area contributed by atoms with Gasteiger partial charge in [0.25, 0.3) is 0 Å². The first-order valence-corrected chi connectivity index (χ1v) is 6.28. The highest BCUT2D eigenvalue weighted by Crippen LogP contribution is 2.28. The van der Waals surface area contributed by atoms with Crippen LogP contribution in [0.15, 0.2) is 42.6 Å². The molecule has 0 aliphatic carbocycles. The highest BCUT2D eigenvalue weighted by Gasteiger charge is 2.05. The van der Waals surface area contributed by atoms with Gasteiger partial charge in [-0.1, -0.05) is 6.07 Å². The Morgan fingerprint density at radius 1 is 1.30 bits per heavy atom. The van der Waals surface area contributed by atoms with Gasteiger partial charge in [-0.05, 0) is 30.3 Å². The first kappa shape index (κ1) is 13.9. The van der Waals surface area contributed by atoms with Crippen molar-refractivity contribution in [2.75, 3.05) is 17.7 Å². The number of ether oxygens (including phenoxy) is 1. The van der Waals surface area contributed by atoms with E-state index in [1.165, 1.54) is 6.92 Å². The predicted octanol–water partition coefficient (Wildman–Crippen LogP) is 2.66. The van der Waals surface area contributed by atoms with E-state index < -0.39 is 0 Å². The maximum atomic E-state index is 11.1. The molecular weight excluding hydrogens is 254 g/mol. The second-order valence-corrected chi connectivity index (χ2v) is 4.27. The molecule has 1 aromatic heterocycles. The fourth-order valence-corrected chi connectivity index (χ4v) is 1.82. The monoisotopic (exact) mass is 271 g/mol. The zero-order valence-corrected chi connectivity index (χ0v) is 11.5. The Balaban J connectivity index is 2.13. The number of nitrogens with zero attached hydrogens (tertiary/aromatic N) is 1. The fraction of sp³-hybridized carbons (Fsp3) is 0.200. The van der Waals surface area contributed by atoms with Gasteiger partial charge in [-0.3, -0.25) is 9.78 Å². The molecule has 0 atom stereocenters. The van der Waals surface area contributed by atoms with Gasteiger partial charge in [0.05, 0.1) is 25.0 Å². The quantitative estimate of drug-likeness (QED) is 0.877. The summed E-state index contributed by atoms with van der Waals surface area (Å²) in [6.07, 6.45) is 1.75. The molecule has 20 heavy (non-hydrogen) atoms. The smallest absolute Gasteiger partial charge is 0.221 e. The Kier molecular flexibility index (Phi) is 4.55. The van der Waals surface area contributed by atoms with E-state index in [0.717, 1.165) is 22.8 Å². The van der Waals surface area contributed by atoms with Crippen molar-refractivity contribution in [3.05, 3.63) is 48.3 Å². The zero-order valence-electron chi connectivity index (χ0n) is 11.5. The van der Waals surface area contributed by atoms with Crippen LogP contribution in [0, 0.1) is 0 Å². The van der Waals surface area contributed by atoms with Crippen LogP contribution in [0.1, 0.15) is 12.6 Å². The summed E-state index contributed by atoms with van der Waals surface area (Å²) in [5.41, 5.74) is 2.46. The fourth-order valence-electron chi connectivity index (χ4n) is 1.82. The van der Waals surface area contributed by atoms with Crippen LogP contribution in [0.3, 0.4) is 0 Å². The van der Waals surface area contributed by atoms with Gasteiger partial charge in [-0.2, -0.15) is 0 Å². The highest BCUT2D eigenvalue weighted by atomic mass is 16.5. The minimum atomic E-state index is -0.106. The molecule has 0 aliphatic heterocycles. The lowest BCUT2D eigenvalue weighted by Gasteiger charge is -2.13. The van der Waals surface area contributed by atoms with Crippen molar-refractivity contribution in [3.63, 3.8) is 0 Å². The molecular formula is C15H17N3O2. The zero-order chi connectivity index (χ0) is 14.4. The number of methoxy groups -OCH3 is 1. The molecule has 0 bridgehead atoms. The lowest BCUT2D eigenvalue weighted by Crippen LogP contribution is -2.07. The van der Waals surface area contributed by atoms with Gasteiger partial charge in [0.1, 0.15) is 5.75 Å². The molecule has 104 valence electrons. The molecule has 1 heterocycles. The van der Waals surface area contributed by atoms with Crippen LogP contribution in [0.2, 0.25) is 0 Å². The number of anilines is 2. The minimum Gasteiger partial charge on any atom is -0.495 e. The number of hydrogen-bond donors (Lipinski definition) is 2. The van der Waals surface area contributed by atoms with Crippen molar-refractivity contribution in [1.29, 1.82) is 0 Å². The SMILES string of the molecule is COc1ccc(NC(C)=O)cc1NCc1ccccn1. The van der Waals surface area contributed by atoms with Crippen molar-refractivity contribution in [1.82, 2.24) is 4.98 Å². The van der Waals surface area contributed by atoms with Crippen molar-refractivity contribution >= 4 is 17.3 Å². The van der Waals surface area contributed by atoms with Crippen LogP contribution >= 0.6 is 0 Å². The second-order valence-electron chi connectivity index (χ2n) is 4.27. The Morgan fingerprint density at radius 3 is 2.80 bits per heavy atom. The van der Waals surface area contributed by atoms with Crippen LogP contribution in [0.4, 0.5) is 11.4 Å². The lowest BCUT2D eigenvalue weighted by molar-refractivity contribution is -0.114. The largest absolute Gasteiger partial charge is 0.495 e. The third-order valence-electron chi connectivity index (χ3n) is 2.71. The van der Waals surface area contributed by atoms with Crippen LogP contribution in [-0.2, 0) is 11.3 Å². The summed E-state index contributed by atoms with van der Waals surface area (Å²) in [5, 5.41) is 6.00.